The number of Topliss-reactive ketones (excluding diaryl/α,β-unsaturated/α-hetero) is 4. The number of unbranched alkanes of at least 4 members (excludes halogenated alkanes) is 2. The van der Waals surface area contributed by atoms with Gasteiger partial charge in [0.1, 0.15) is 5.75 Å². The quantitative estimate of drug-likeness (QED) is 0.381. The number of aliphatic hydroxyl groups is 1. The third kappa shape index (κ3) is 3.54. The number of nitrogens with zero attached hydrogens (tertiary/aromatic N) is 1. The van der Waals surface area contributed by atoms with E-state index in [0.29, 0.717) is 12.0 Å². The molecule has 4 rings (SSSR count). The van der Waals surface area contributed by atoms with Crippen molar-refractivity contribution in [1.82, 2.24) is 4.90 Å². The third-order valence-electron chi connectivity index (χ3n) is 9.02. The molecule has 9 nitrogen and oxygen atoms in total. The van der Waals surface area contributed by atoms with Crippen molar-refractivity contribution in [3.8, 4) is 5.75 Å². The van der Waals surface area contributed by atoms with Crippen LogP contribution < -0.4 is 5.73 Å². The van der Waals surface area contributed by atoms with E-state index in [2.05, 4.69) is 6.92 Å². The molecule has 0 saturated heterocycles. The van der Waals surface area contributed by atoms with Gasteiger partial charge >= 0.3 is 0 Å². The molecular weight excluding hydrogens is 476 g/mol. The molecule has 2 unspecified atom stereocenters. The molecule has 2 saturated carbocycles. The van der Waals surface area contributed by atoms with Gasteiger partial charge in [0, 0.05) is 5.41 Å². The van der Waals surface area contributed by atoms with Crippen LogP contribution in [0.3, 0.4) is 0 Å². The molecule has 0 radical (unpaired) electrons. The van der Waals surface area contributed by atoms with Crippen LogP contribution in [0, 0.1) is 22.7 Å². The Morgan fingerprint density at radius 2 is 1.76 bits per heavy atom. The van der Waals surface area contributed by atoms with Crippen molar-refractivity contribution in [2.75, 3.05) is 14.1 Å². The average Bonchev–Trinajstić information content (AvgIpc) is 2.77. The highest BCUT2D eigenvalue weighted by molar-refractivity contribution is 6.33. The molecule has 3 aliphatic rings. The van der Waals surface area contributed by atoms with Gasteiger partial charge in [-0.1, -0.05) is 39.7 Å². The standard InChI is InChI=1S/C28H36N2O7/c1-6-7-8-9-14-10-11-16(31)17-15(14)12-26(2)13-27(3)22(30(4)5)21(33)18(25(29)36)23(34)28(27,37)24(35)19(26)20(17)32/h10-11,18-19,22,31,37H,6-9,12-13H2,1-5H3,(H2,29,36)/t18?,19?,22-,26+,27+,28-/m1/s1. The number of rotatable bonds is 6. The van der Waals surface area contributed by atoms with Gasteiger partial charge in [0.15, 0.2) is 34.7 Å². The fourth-order valence-electron chi connectivity index (χ4n) is 7.58. The summed E-state index contributed by atoms with van der Waals surface area (Å²) in [6.45, 7) is 5.37. The molecular formula is C28H36N2O7. The van der Waals surface area contributed by atoms with Crippen LogP contribution in [0.1, 0.15) is 67.9 Å². The van der Waals surface area contributed by atoms with E-state index in [-0.39, 0.29) is 24.2 Å². The molecule has 9 heteroatoms. The topological polar surface area (TPSA) is 155 Å². The molecule has 0 bridgehead atoms. The van der Waals surface area contributed by atoms with E-state index in [1.165, 1.54) is 17.9 Å². The van der Waals surface area contributed by atoms with E-state index < -0.39 is 63.3 Å². The molecule has 0 heterocycles. The van der Waals surface area contributed by atoms with Gasteiger partial charge in [-0.05, 0) is 62.4 Å². The summed E-state index contributed by atoms with van der Waals surface area (Å²) in [7, 11) is 3.15. The fraction of sp³-hybridized carbons (Fsp3) is 0.607. The average molecular weight is 513 g/mol. The first-order chi connectivity index (χ1) is 17.2. The molecule has 2 fully saturated rings. The zero-order chi connectivity index (χ0) is 27.7. The van der Waals surface area contributed by atoms with E-state index >= 15 is 0 Å². The van der Waals surface area contributed by atoms with E-state index in [4.69, 9.17) is 5.73 Å². The van der Waals surface area contributed by atoms with E-state index in [9.17, 15) is 34.2 Å². The van der Waals surface area contributed by atoms with E-state index in [1.807, 2.05) is 0 Å². The number of likely N-dealkylation sites (N-methyl/N-ethyl adjacent to an activating group) is 1. The lowest BCUT2D eigenvalue weighted by Gasteiger charge is -2.61. The lowest BCUT2D eigenvalue weighted by atomic mass is 9.42. The van der Waals surface area contributed by atoms with Crippen LogP contribution in [0.25, 0.3) is 0 Å². The highest BCUT2D eigenvalue weighted by Gasteiger charge is 2.76. The molecule has 0 spiro atoms. The molecule has 0 aromatic heterocycles. The summed E-state index contributed by atoms with van der Waals surface area (Å²) in [5.41, 5.74) is 1.60. The van der Waals surface area contributed by atoms with Crippen molar-refractivity contribution in [2.45, 2.75) is 70.9 Å². The number of aryl methyl sites for hydroxylation is 1. The number of aromatic hydroxyl groups is 1. The van der Waals surface area contributed by atoms with Crippen LogP contribution in [-0.4, -0.2) is 69.9 Å². The van der Waals surface area contributed by atoms with Gasteiger partial charge in [0.05, 0.1) is 17.5 Å². The van der Waals surface area contributed by atoms with Gasteiger partial charge in [-0.15, -0.1) is 0 Å². The highest BCUT2D eigenvalue weighted by Crippen LogP contribution is 2.61. The first-order valence-corrected chi connectivity index (χ1v) is 12.9. The van der Waals surface area contributed by atoms with Crippen LogP contribution >= 0.6 is 0 Å². The maximum Gasteiger partial charge on any atom is 0.235 e. The minimum absolute atomic E-state index is 0.00600. The number of benzene rings is 1. The third-order valence-corrected chi connectivity index (χ3v) is 9.02. The number of carbonyl (C=O) groups excluding carboxylic acids is 5. The number of hydrogen-bond donors (Lipinski definition) is 3. The van der Waals surface area contributed by atoms with Gasteiger partial charge in [-0.3, -0.25) is 28.9 Å². The van der Waals surface area contributed by atoms with Crippen LogP contribution in [-0.2, 0) is 32.0 Å². The molecule has 6 atom stereocenters. The predicted octanol–water partition coefficient (Wildman–Crippen LogP) is 1.38. The lowest BCUT2D eigenvalue weighted by Crippen LogP contribution is -2.79. The zero-order valence-electron chi connectivity index (χ0n) is 22.1. The highest BCUT2D eigenvalue weighted by atomic mass is 16.3. The Morgan fingerprint density at radius 3 is 2.32 bits per heavy atom. The van der Waals surface area contributed by atoms with Crippen molar-refractivity contribution in [2.24, 2.45) is 28.4 Å². The first kappa shape index (κ1) is 27.1. The summed E-state index contributed by atoms with van der Waals surface area (Å²) in [4.78, 5) is 68.7. The molecule has 37 heavy (non-hydrogen) atoms. The maximum absolute atomic E-state index is 14.2. The van der Waals surface area contributed by atoms with Gasteiger partial charge in [-0.2, -0.15) is 0 Å². The maximum atomic E-state index is 14.2. The number of phenols is 1. The summed E-state index contributed by atoms with van der Waals surface area (Å²) < 4.78 is 0. The van der Waals surface area contributed by atoms with Crippen molar-refractivity contribution in [1.29, 1.82) is 0 Å². The van der Waals surface area contributed by atoms with E-state index in [0.717, 1.165) is 24.8 Å². The Balaban J connectivity index is 1.92. The van der Waals surface area contributed by atoms with Gasteiger partial charge in [0.2, 0.25) is 5.91 Å². The number of phenolic OH excluding ortho intramolecular Hbond substituents is 1. The van der Waals surface area contributed by atoms with Crippen LogP contribution in [0.5, 0.6) is 5.75 Å². The number of ketones is 4. The first-order valence-electron chi connectivity index (χ1n) is 12.9. The summed E-state index contributed by atoms with van der Waals surface area (Å²) in [6.07, 6.45) is 3.88. The fourth-order valence-corrected chi connectivity index (χ4v) is 7.58. The SMILES string of the molecule is CCCCCc1ccc(O)c2c1C[C@@]1(C)C[C@@]3(C)[C@H](N(C)C)C(=O)C(C(N)=O)C(=O)[C@@]3(O)C(=O)C1C2=O. The summed E-state index contributed by atoms with van der Waals surface area (Å²) in [6, 6.07) is 2.08. The molecule has 1 amide bonds. The lowest BCUT2D eigenvalue weighted by molar-refractivity contribution is -0.203. The normalized spacial score (nSPS) is 35.3. The number of hydrogen-bond acceptors (Lipinski definition) is 8. The largest absolute Gasteiger partial charge is 0.507 e. The van der Waals surface area contributed by atoms with Crippen molar-refractivity contribution in [3.05, 3.63) is 28.8 Å². The predicted molar refractivity (Wildman–Crippen MR) is 134 cm³/mol. The van der Waals surface area contributed by atoms with Gasteiger partial charge in [-0.25, -0.2) is 0 Å². The van der Waals surface area contributed by atoms with Crippen LogP contribution in [0.15, 0.2) is 12.1 Å². The Kier molecular flexibility index (Phi) is 6.48. The monoisotopic (exact) mass is 512 g/mol. The number of amides is 1. The van der Waals surface area contributed by atoms with E-state index in [1.54, 1.807) is 27.1 Å². The van der Waals surface area contributed by atoms with Crippen molar-refractivity contribution in [3.63, 3.8) is 0 Å². The second kappa shape index (κ2) is 8.84. The second-order valence-electron chi connectivity index (χ2n) is 11.8. The summed E-state index contributed by atoms with van der Waals surface area (Å²) in [5, 5.41) is 22.6. The molecule has 3 aliphatic carbocycles. The minimum atomic E-state index is -2.78. The minimum Gasteiger partial charge on any atom is -0.507 e. The van der Waals surface area contributed by atoms with Gasteiger partial charge < -0.3 is 15.9 Å². The molecule has 1 aromatic rings. The summed E-state index contributed by atoms with van der Waals surface area (Å²) in [5.74, 6) is -8.63. The molecule has 0 aliphatic heterocycles. The Hall–Kier alpha value is -2.91. The molecule has 4 N–H and O–H groups in total. The van der Waals surface area contributed by atoms with Crippen LogP contribution in [0.4, 0.5) is 0 Å². The van der Waals surface area contributed by atoms with Crippen molar-refractivity contribution < 1.29 is 34.2 Å². The van der Waals surface area contributed by atoms with Crippen molar-refractivity contribution >= 4 is 29.0 Å². The molecule has 1 aromatic carbocycles. The smallest absolute Gasteiger partial charge is 0.235 e. The Bertz CT molecular complexity index is 1220. The number of nitrogens with two attached hydrogens (primary N) is 1. The zero-order valence-corrected chi connectivity index (χ0v) is 22.1. The second-order valence-corrected chi connectivity index (χ2v) is 11.8. The summed E-state index contributed by atoms with van der Waals surface area (Å²) >= 11 is 0. The molecule has 200 valence electrons. The van der Waals surface area contributed by atoms with Gasteiger partial charge in [0.25, 0.3) is 0 Å². The number of fused-ring (bicyclic) bond motifs is 3. The van der Waals surface area contributed by atoms with Crippen LogP contribution in [0.2, 0.25) is 0 Å². The Morgan fingerprint density at radius 1 is 1.11 bits per heavy atom. The number of carbonyl (C=O) groups is 5. The Labute approximate surface area is 216 Å². The number of primary amides is 1.